The predicted octanol–water partition coefficient (Wildman–Crippen LogP) is -0.153. The number of hydrazone groups is 1. The molecule has 22 N–H and O–H groups in total. The van der Waals surface area contributed by atoms with Crippen molar-refractivity contribution < 1.29 is 82.7 Å². The number of imidazole rings is 1. The fraction of sp³-hybridized carbons (Fsp3) is 0.474. The number of nitrogens with one attached hydrogen (secondary N) is 12. The van der Waals surface area contributed by atoms with Crippen LogP contribution in [0.4, 0.5) is 0 Å². The van der Waals surface area contributed by atoms with Crippen molar-refractivity contribution in [3.8, 4) is 16.9 Å². The van der Waals surface area contributed by atoms with Crippen molar-refractivity contribution in [1.29, 1.82) is 0 Å². The van der Waals surface area contributed by atoms with E-state index in [-0.39, 0.29) is 31.6 Å². The summed E-state index contributed by atoms with van der Waals surface area (Å²) in [5.74, 6) is -1.94. The molecule has 604 valence electrons. The largest absolute Gasteiger partial charge is 0.494 e. The molecule has 111 heavy (non-hydrogen) atoms. The second-order valence-electron chi connectivity index (χ2n) is 27.9. The number of aromatic amines is 1. The Morgan fingerprint density at radius 2 is 1.27 bits per heavy atom. The first kappa shape index (κ1) is 91.0. The molecule has 4 aromatic carbocycles. The molecule has 0 spiro atoms. The molecule has 10 atom stereocenters. The smallest absolute Gasteiger partial charge is 0.305 e. The fourth-order valence-corrected chi connectivity index (χ4v) is 12.4. The quantitative estimate of drug-likeness (QED) is 0.00458. The summed E-state index contributed by atoms with van der Waals surface area (Å²) < 4.78 is 6.59. The molecule has 0 aliphatic heterocycles. The highest BCUT2D eigenvalue weighted by molar-refractivity contribution is 14.1. The Hall–Kier alpha value is -10.6. The van der Waals surface area contributed by atoms with Crippen molar-refractivity contribution >= 4 is 99.4 Å². The van der Waals surface area contributed by atoms with E-state index >= 15 is 0 Å². The van der Waals surface area contributed by atoms with E-state index in [2.05, 4.69) is 80.6 Å². The number of H-pyrrole nitrogens is 1. The minimum atomic E-state index is -2.17. The molecule has 0 aliphatic rings. The van der Waals surface area contributed by atoms with Crippen molar-refractivity contribution in [2.45, 2.75) is 199 Å². The number of amidine groups is 1. The lowest BCUT2D eigenvalue weighted by molar-refractivity contribution is -0.143. The minimum Gasteiger partial charge on any atom is -0.494 e. The summed E-state index contributed by atoms with van der Waals surface area (Å²) in [5.41, 5.74) is 11.6. The predicted molar refractivity (Wildman–Crippen MR) is 419 cm³/mol. The summed E-state index contributed by atoms with van der Waals surface area (Å²) in [6, 6.07) is 13.2. The van der Waals surface area contributed by atoms with Crippen molar-refractivity contribution in [2.24, 2.45) is 27.9 Å². The summed E-state index contributed by atoms with van der Waals surface area (Å²) in [6.07, 6.45) is 2.32. The molecule has 5 rings (SSSR count). The highest BCUT2D eigenvalue weighted by Crippen LogP contribution is 2.30. The van der Waals surface area contributed by atoms with Gasteiger partial charge in [0.2, 0.25) is 65.0 Å². The number of carboxylic acid groups (broad SMARTS) is 1. The number of aliphatic carboxylic acids is 1. The van der Waals surface area contributed by atoms with E-state index in [1.807, 2.05) is 91.9 Å². The monoisotopic (exact) mass is 1660 g/mol. The number of carbonyl (C=O) groups is 12. The van der Waals surface area contributed by atoms with Gasteiger partial charge in [0.1, 0.15) is 64.8 Å². The Morgan fingerprint density at radius 1 is 0.649 bits per heavy atom. The van der Waals surface area contributed by atoms with Crippen molar-refractivity contribution in [3.63, 3.8) is 0 Å². The van der Waals surface area contributed by atoms with Crippen LogP contribution >= 0.6 is 22.6 Å². The third-order valence-corrected chi connectivity index (χ3v) is 19.3. The van der Waals surface area contributed by atoms with Crippen molar-refractivity contribution in [1.82, 2.24) is 68.6 Å². The number of aromatic nitrogens is 2. The maximum atomic E-state index is 14.8. The van der Waals surface area contributed by atoms with Crippen LogP contribution in [-0.4, -0.2) is 194 Å². The van der Waals surface area contributed by atoms with Crippen molar-refractivity contribution in [2.75, 3.05) is 26.3 Å². The highest BCUT2D eigenvalue weighted by Gasteiger charge is 2.43. The zero-order chi connectivity index (χ0) is 82.3. The van der Waals surface area contributed by atoms with Gasteiger partial charge in [0.05, 0.1) is 44.7 Å². The molecule has 0 radical (unpaired) electrons. The number of benzene rings is 4. The molecule has 1 aromatic heterocycles. The summed E-state index contributed by atoms with van der Waals surface area (Å²) in [6.45, 7) is 12.6. The number of aliphatic hydroxyl groups is 3. The SMILES string of the molecule is CCCCCOc1ccc(-c2ccc(C[C@H](NC(=O)[C@H](CC(=O)O)NC(=O)[C@H](CO)NC(=O)[C@@H](NC(=O)[C@](C)(Cc3ccccc3I)NC(=O)[C@@H](NC(=O)CNC(=O)[C@H](C/C(=N/N)NN)NC(=O)C(C)(C)C(=O)NCCc3cnc[nH]3)[C@@H](C)O)[C@@H](C)O)C(=O)N[C@@H](CCCc3cc(C)cc(C)c3)C(N)=O)cc2)c(CC)c1. The lowest BCUT2D eigenvalue weighted by Gasteiger charge is -2.34. The number of nitrogens with zero attached hydrogens (tertiary/aromatic N) is 2. The molecule has 0 aliphatic carbocycles. The molecule has 34 nitrogen and oxygen atoms in total. The van der Waals surface area contributed by atoms with E-state index in [9.17, 15) is 78.0 Å². The number of rotatable bonds is 45. The zero-order valence-corrected chi connectivity index (χ0v) is 66.0. The van der Waals surface area contributed by atoms with Crippen LogP contribution in [0.3, 0.4) is 0 Å². The summed E-state index contributed by atoms with van der Waals surface area (Å²) in [5, 5.41) is 70.6. The molecule has 5 aromatic rings. The van der Waals surface area contributed by atoms with Gasteiger partial charge in [0.25, 0.3) is 0 Å². The molecule has 0 bridgehead atoms. The Bertz CT molecular complexity index is 4050. The maximum Gasteiger partial charge on any atom is 0.305 e. The zero-order valence-electron chi connectivity index (χ0n) is 63.8. The number of hydrogen-bond acceptors (Lipinski definition) is 20. The number of halogens is 1. The van der Waals surface area contributed by atoms with E-state index in [1.165, 1.54) is 27.1 Å². The van der Waals surface area contributed by atoms with Gasteiger partial charge in [-0.15, -0.1) is 0 Å². The highest BCUT2D eigenvalue weighted by atomic mass is 127. The van der Waals surface area contributed by atoms with Crippen LogP contribution in [-0.2, 0) is 89.6 Å². The number of nitrogens with two attached hydrogens (primary N) is 3. The number of unbranched alkanes of at least 4 members (excludes halogenated alkanes) is 2. The number of carboxylic acids is 1. The number of aliphatic hydroxyl groups excluding tert-OH is 3. The molecule has 0 fully saturated rings. The number of primary amides is 1. The van der Waals surface area contributed by atoms with Gasteiger partial charge in [-0.2, -0.15) is 5.10 Å². The van der Waals surface area contributed by atoms with Crippen LogP contribution in [0.25, 0.3) is 11.1 Å². The lowest BCUT2D eigenvalue weighted by atomic mass is 9.90. The second-order valence-corrected chi connectivity index (χ2v) is 29.0. The Kier molecular flexibility index (Phi) is 36.3. The number of hydrogen-bond donors (Lipinski definition) is 19. The van der Waals surface area contributed by atoms with Crippen LogP contribution < -0.4 is 80.7 Å². The third-order valence-electron chi connectivity index (χ3n) is 18.2. The lowest BCUT2D eigenvalue weighted by Crippen LogP contribution is -2.67. The van der Waals surface area contributed by atoms with Gasteiger partial charge in [-0.3, -0.25) is 57.5 Å². The number of amides is 11. The van der Waals surface area contributed by atoms with Gasteiger partial charge in [-0.1, -0.05) is 105 Å². The molecule has 0 saturated carbocycles. The topological polar surface area (TPSA) is 546 Å². The Balaban J connectivity index is 1.34. The molecule has 1 heterocycles. The molecular formula is C76H106IN17O17. The number of hydrazine groups is 1. The van der Waals surface area contributed by atoms with Crippen LogP contribution in [0.2, 0.25) is 0 Å². The molecule has 0 saturated heterocycles. The Labute approximate surface area is 657 Å². The molecular weight excluding hydrogens is 1550 g/mol. The normalized spacial score (nSPS) is 14.4. The first-order chi connectivity index (χ1) is 52.6. The van der Waals surface area contributed by atoms with E-state index in [0.29, 0.717) is 52.7 Å². The standard InChI is InChI=1S/C76H106IN17O17/c1-10-12-15-29-111-52-25-26-53(48(11-2)34-52)49-23-21-46(22-24-49)33-56(67(103)85-55(65(78)101)20-16-17-47-31-42(3)30-43(4)32-47)86-68(104)58(36-62(99)100)87-69(105)59(40-95)88-70(106)63(44(5)96)91-74(110)76(9,37-50-18-13-14-19-54(50)77)92-71(107)64(45(6)97)90-61(98)39-83-66(102)57(35-60(93-79)94-80)89-73(109)75(7,8)72(108)82-28-27-51-38-81-41-84-51/h13-14,18-19,21-26,30-32,34,38,41,44-45,55-59,63-64,95-97H,10-12,15-17,20,27-29,33,35-37,39-40,79-80H2,1-9H3,(H2,78,101)(H,81,84)(H,82,108)(H,83,102)(H,85,103)(H,86,104)(H,87,105)(H,88,106)(H,89,109)(H,90,98)(H,91,110)(H,92,107)(H,93,94)(H,99,100)/t44-,45-,55+,56+,57+,58+,59+,63+,64+,76+/m1/s1. The van der Waals surface area contributed by atoms with Gasteiger partial charge >= 0.3 is 5.97 Å². The van der Waals surface area contributed by atoms with Gasteiger partial charge in [-0.25, -0.2) is 10.8 Å². The summed E-state index contributed by atoms with van der Waals surface area (Å²) in [4.78, 5) is 173. The summed E-state index contributed by atoms with van der Waals surface area (Å²) >= 11 is 1.97. The first-order valence-corrected chi connectivity index (χ1v) is 37.5. The second kappa shape index (κ2) is 44.3. The van der Waals surface area contributed by atoms with Gasteiger partial charge in [0, 0.05) is 47.7 Å². The van der Waals surface area contributed by atoms with E-state index in [4.69, 9.17) is 22.2 Å². The van der Waals surface area contributed by atoms with Crippen molar-refractivity contribution in [3.05, 3.63) is 140 Å². The minimum absolute atomic E-state index is 0.0931. The first-order valence-electron chi connectivity index (χ1n) is 36.4. The number of carbonyl (C=O) groups excluding carboxylic acids is 11. The summed E-state index contributed by atoms with van der Waals surface area (Å²) in [7, 11) is 0. The fourth-order valence-electron chi connectivity index (χ4n) is 11.8. The Morgan fingerprint density at radius 3 is 1.86 bits per heavy atom. The van der Waals surface area contributed by atoms with Crippen LogP contribution in [0, 0.1) is 22.8 Å². The number of ether oxygens (including phenoxy) is 1. The van der Waals surface area contributed by atoms with Crippen LogP contribution in [0.5, 0.6) is 5.75 Å². The van der Waals surface area contributed by atoms with Crippen LogP contribution in [0.15, 0.2) is 103 Å². The van der Waals surface area contributed by atoms with Gasteiger partial charge < -0.3 is 100 Å². The van der Waals surface area contributed by atoms with E-state index < -0.39 is 162 Å². The maximum absolute atomic E-state index is 14.8. The van der Waals surface area contributed by atoms with E-state index in [1.54, 1.807) is 42.6 Å². The molecule has 35 heteroatoms. The molecule has 11 amide bonds. The van der Waals surface area contributed by atoms with Crippen LogP contribution in [0.1, 0.15) is 132 Å². The van der Waals surface area contributed by atoms with Gasteiger partial charge in [0.15, 0.2) is 0 Å². The number of aryl methyl sites for hydroxylation is 4. The van der Waals surface area contributed by atoms with E-state index in [0.717, 1.165) is 72.2 Å². The average Bonchev–Trinajstić information content (AvgIpc) is 1.22. The average molecular weight is 1660 g/mol. The third kappa shape index (κ3) is 28.6. The molecule has 0 unspecified atom stereocenters. The van der Waals surface area contributed by atoms with Gasteiger partial charge in [-0.05, 0) is 155 Å².